The maximum Gasteiger partial charge on any atom is 0.419 e. The largest absolute Gasteiger partial charge is 0.487 e. The number of aromatic nitrogens is 2. The van der Waals surface area contributed by atoms with Gasteiger partial charge in [0.1, 0.15) is 18.0 Å². The zero-order valence-corrected chi connectivity index (χ0v) is 11.3. The number of hydrogen-bond donors (Lipinski definition) is 1. The molecule has 0 atom stereocenters. The molecule has 3 rings (SSSR count). The molecule has 0 aliphatic rings. The van der Waals surface area contributed by atoms with Crippen LogP contribution in [0.3, 0.4) is 0 Å². The Balaban J connectivity index is 1.87. The third-order valence-corrected chi connectivity index (χ3v) is 3.17. The van der Waals surface area contributed by atoms with Crippen molar-refractivity contribution < 1.29 is 17.9 Å². The number of para-hydroxylation sites is 1. The zero-order valence-electron chi connectivity index (χ0n) is 11.3. The minimum Gasteiger partial charge on any atom is -0.487 e. The van der Waals surface area contributed by atoms with Gasteiger partial charge in [-0.15, -0.1) is 0 Å². The molecule has 0 aliphatic carbocycles. The smallest absolute Gasteiger partial charge is 0.419 e. The van der Waals surface area contributed by atoms with Gasteiger partial charge in [0.05, 0.1) is 17.5 Å². The maximum absolute atomic E-state index is 12.9. The van der Waals surface area contributed by atoms with Crippen molar-refractivity contribution in [2.75, 3.05) is 5.73 Å². The van der Waals surface area contributed by atoms with Crippen LogP contribution in [0.4, 0.5) is 18.9 Å². The number of fused-ring (bicyclic) bond motifs is 1. The molecule has 0 amide bonds. The number of pyridine rings is 1. The van der Waals surface area contributed by atoms with Gasteiger partial charge >= 0.3 is 6.18 Å². The average Bonchev–Trinajstić information content (AvgIpc) is 2.87. The van der Waals surface area contributed by atoms with Crippen LogP contribution in [0, 0.1) is 0 Å². The van der Waals surface area contributed by atoms with E-state index < -0.39 is 11.7 Å². The van der Waals surface area contributed by atoms with Crippen molar-refractivity contribution in [1.29, 1.82) is 0 Å². The highest BCUT2D eigenvalue weighted by Gasteiger charge is 2.34. The lowest BCUT2D eigenvalue weighted by Crippen LogP contribution is -2.09. The van der Waals surface area contributed by atoms with E-state index in [1.165, 1.54) is 18.2 Å². The molecule has 0 radical (unpaired) electrons. The van der Waals surface area contributed by atoms with Gasteiger partial charge in [-0.2, -0.15) is 13.2 Å². The highest BCUT2D eigenvalue weighted by Crippen LogP contribution is 2.36. The van der Waals surface area contributed by atoms with Crippen molar-refractivity contribution in [2.45, 2.75) is 12.8 Å². The molecule has 0 fully saturated rings. The van der Waals surface area contributed by atoms with E-state index in [-0.39, 0.29) is 12.4 Å². The molecule has 3 aromatic rings. The molecule has 0 aliphatic heterocycles. The van der Waals surface area contributed by atoms with Crippen LogP contribution in [0.1, 0.15) is 11.3 Å². The zero-order chi connectivity index (χ0) is 15.7. The van der Waals surface area contributed by atoms with Crippen molar-refractivity contribution >= 4 is 11.3 Å². The van der Waals surface area contributed by atoms with Crippen LogP contribution in [0.15, 0.2) is 48.8 Å². The lowest BCUT2D eigenvalue weighted by atomic mass is 10.2. The van der Waals surface area contributed by atoms with Gasteiger partial charge in [-0.3, -0.25) is 4.40 Å². The normalized spacial score (nSPS) is 11.8. The molecular weight excluding hydrogens is 295 g/mol. The summed E-state index contributed by atoms with van der Waals surface area (Å²) in [5.41, 5.74) is 6.69. The molecule has 0 unspecified atom stereocenters. The van der Waals surface area contributed by atoms with Gasteiger partial charge in [0.2, 0.25) is 0 Å². The number of hydrogen-bond acceptors (Lipinski definition) is 3. The summed E-state index contributed by atoms with van der Waals surface area (Å²) in [6, 6.07) is 8.53. The van der Waals surface area contributed by atoms with E-state index in [9.17, 15) is 13.2 Å². The van der Waals surface area contributed by atoms with Crippen LogP contribution >= 0.6 is 0 Å². The first kappa shape index (κ1) is 14.2. The monoisotopic (exact) mass is 307 g/mol. The maximum atomic E-state index is 12.9. The van der Waals surface area contributed by atoms with E-state index in [2.05, 4.69) is 4.98 Å². The van der Waals surface area contributed by atoms with Crippen LogP contribution in [0.2, 0.25) is 0 Å². The van der Waals surface area contributed by atoms with Crippen molar-refractivity contribution in [3.05, 3.63) is 60.0 Å². The molecule has 4 nitrogen and oxygen atoms in total. The molecule has 2 heterocycles. The van der Waals surface area contributed by atoms with Gasteiger partial charge < -0.3 is 10.5 Å². The molecule has 0 spiro atoms. The minimum atomic E-state index is -4.46. The second kappa shape index (κ2) is 5.25. The summed E-state index contributed by atoms with van der Waals surface area (Å²) >= 11 is 0. The third kappa shape index (κ3) is 2.69. The molecule has 114 valence electrons. The average molecular weight is 307 g/mol. The predicted molar refractivity (Wildman–Crippen MR) is 75.4 cm³/mol. The Hall–Kier alpha value is -2.70. The number of alkyl halides is 3. The number of nitrogen functional groups attached to an aromatic ring is 1. The van der Waals surface area contributed by atoms with E-state index in [1.54, 1.807) is 28.9 Å². The highest BCUT2D eigenvalue weighted by molar-refractivity contribution is 5.48. The SMILES string of the molecule is Nc1ccc2ncc(COc3ccccc3C(F)(F)F)n2c1. The lowest BCUT2D eigenvalue weighted by molar-refractivity contribution is -0.139. The Morgan fingerprint density at radius 1 is 1.14 bits per heavy atom. The minimum absolute atomic E-state index is 0.0439. The predicted octanol–water partition coefficient (Wildman–Crippen LogP) is 3.51. The summed E-state index contributed by atoms with van der Waals surface area (Å²) in [6.45, 7) is -0.0439. The van der Waals surface area contributed by atoms with E-state index in [0.717, 1.165) is 6.07 Å². The number of benzene rings is 1. The second-order valence-corrected chi connectivity index (χ2v) is 4.72. The number of halogens is 3. The van der Waals surface area contributed by atoms with Gasteiger partial charge in [-0.25, -0.2) is 4.98 Å². The van der Waals surface area contributed by atoms with Crippen LogP contribution in [-0.4, -0.2) is 9.38 Å². The molecule has 22 heavy (non-hydrogen) atoms. The lowest BCUT2D eigenvalue weighted by Gasteiger charge is -2.13. The van der Waals surface area contributed by atoms with Gasteiger partial charge in [-0.1, -0.05) is 12.1 Å². The Morgan fingerprint density at radius 2 is 1.91 bits per heavy atom. The van der Waals surface area contributed by atoms with Crippen LogP contribution in [-0.2, 0) is 12.8 Å². The number of nitrogens with two attached hydrogens (primary N) is 1. The van der Waals surface area contributed by atoms with Crippen molar-refractivity contribution in [3.8, 4) is 5.75 Å². The Kier molecular flexibility index (Phi) is 3.40. The van der Waals surface area contributed by atoms with Gasteiger partial charge in [-0.05, 0) is 24.3 Å². The Bertz CT molecular complexity index is 811. The molecule has 2 N–H and O–H groups in total. The summed E-state index contributed by atoms with van der Waals surface area (Å²) < 4.78 is 45.7. The fourth-order valence-corrected chi connectivity index (χ4v) is 2.13. The number of nitrogens with zero attached hydrogens (tertiary/aromatic N) is 2. The van der Waals surface area contributed by atoms with Crippen molar-refractivity contribution in [1.82, 2.24) is 9.38 Å². The molecule has 2 aromatic heterocycles. The topological polar surface area (TPSA) is 52.5 Å². The fourth-order valence-electron chi connectivity index (χ4n) is 2.13. The Labute approximate surface area is 124 Å². The third-order valence-electron chi connectivity index (χ3n) is 3.17. The summed E-state index contributed by atoms with van der Waals surface area (Å²) in [6.07, 6.45) is -1.26. The van der Waals surface area contributed by atoms with Crippen LogP contribution < -0.4 is 10.5 Å². The van der Waals surface area contributed by atoms with Gasteiger partial charge in [0, 0.05) is 11.9 Å². The second-order valence-electron chi connectivity index (χ2n) is 4.72. The van der Waals surface area contributed by atoms with Crippen molar-refractivity contribution in [3.63, 3.8) is 0 Å². The summed E-state index contributed by atoms with van der Waals surface area (Å²) in [4.78, 5) is 4.15. The quantitative estimate of drug-likeness (QED) is 0.805. The molecular formula is C15H12F3N3O. The Morgan fingerprint density at radius 3 is 2.68 bits per heavy atom. The molecule has 7 heteroatoms. The fraction of sp³-hybridized carbons (Fsp3) is 0.133. The summed E-state index contributed by atoms with van der Waals surface area (Å²) in [5, 5.41) is 0. The first-order chi connectivity index (χ1) is 10.4. The van der Waals surface area contributed by atoms with Gasteiger partial charge in [0.25, 0.3) is 0 Å². The van der Waals surface area contributed by atoms with Crippen LogP contribution in [0.25, 0.3) is 5.65 Å². The number of ether oxygens (including phenoxy) is 1. The van der Waals surface area contributed by atoms with Crippen molar-refractivity contribution in [2.24, 2.45) is 0 Å². The first-order valence-corrected chi connectivity index (χ1v) is 6.45. The standard InChI is InChI=1S/C15H12F3N3O/c16-15(17,18)12-3-1-2-4-13(12)22-9-11-7-20-14-6-5-10(19)8-21(11)14/h1-8H,9,19H2. The van der Waals surface area contributed by atoms with E-state index >= 15 is 0 Å². The van der Waals surface area contributed by atoms with E-state index in [0.29, 0.717) is 17.0 Å². The van der Waals surface area contributed by atoms with E-state index in [4.69, 9.17) is 10.5 Å². The molecule has 0 bridgehead atoms. The highest BCUT2D eigenvalue weighted by atomic mass is 19.4. The van der Waals surface area contributed by atoms with E-state index in [1.807, 2.05) is 0 Å². The number of rotatable bonds is 3. The molecule has 1 aromatic carbocycles. The molecule has 0 saturated heterocycles. The van der Waals surface area contributed by atoms with Crippen LogP contribution in [0.5, 0.6) is 5.75 Å². The number of imidazole rings is 1. The van der Waals surface area contributed by atoms with Gasteiger partial charge in [0.15, 0.2) is 0 Å². The molecule has 0 saturated carbocycles. The summed E-state index contributed by atoms with van der Waals surface area (Å²) in [5.74, 6) is -0.214. The number of anilines is 1. The first-order valence-electron chi connectivity index (χ1n) is 6.45. The summed E-state index contributed by atoms with van der Waals surface area (Å²) in [7, 11) is 0.